The highest BCUT2D eigenvalue weighted by molar-refractivity contribution is 5.66. The Balaban J connectivity index is 2.43. The van der Waals surface area contributed by atoms with Gasteiger partial charge in [0.1, 0.15) is 0 Å². The van der Waals surface area contributed by atoms with E-state index in [4.69, 9.17) is 5.11 Å². The fourth-order valence-electron chi connectivity index (χ4n) is 1.13. The molecule has 0 saturated carbocycles. The van der Waals surface area contributed by atoms with Crippen LogP contribution < -0.4 is 0 Å². The summed E-state index contributed by atoms with van der Waals surface area (Å²) in [7, 11) is 3.78. The third kappa shape index (κ3) is 1.07. The van der Waals surface area contributed by atoms with Crippen LogP contribution in [0.25, 0.3) is 0 Å². The molecule has 0 aromatic rings. The minimum Gasteiger partial charge on any atom is -0.465 e. The fraction of sp³-hybridized carbons (Fsp3) is 0.833. The monoisotopic (exact) mass is 144 g/mol. The van der Waals surface area contributed by atoms with Crippen LogP contribution in [0.2, 0.25) is 0 Å². The minimum absolute atomic E-state index is 0.109. The maximum atomic E-state index is 10.4. The van der Waals surface area contributed by atoms with Gasteiger partial charge < -0.3 is 5.11 Å². The Hall–Kier alpha value is -0.770. The van der Waals surface area contributed by atoms with Crippen molar-refractivity contribution in [3.8, 4) is 0 Å². The van der Waals surface area contributed by atoms with Gasteiger partial charge in [0.15, 0.2) is 0 Å². The van der Waals surface area contributed by atoms with Crippen molar-refractivity contribution < 1.29 is 9.90 Å². The molecule has 1 atom stereocenters. The largest absolute Gasteiger partial charge is 0.465 e. The molecule has 4 nitrogen and oxygen atoms in total. The smallest absolute Gasteiger partial charge is 0.408 e. The predicted molar refractivity (Wildman–Crippen MR) is 36.8 cm³/mol. The number of nitrogens with zero attached hydrogens (tertiary/aromatic N) is 2. The van der Waals surface area contributed by atoms with Gasteiger partial charge in [0, 0.05) is 6.54 Å². The number of likely N-dealkylation sites (tertiary alicyclic amines) is 1. The van der Waals surface area contributed by atoms with Crippen molar-refractivity contribution in [2.75, 3.05) is 20.6 Å². The number of hydrogen-bond acceptors (Lipinski definition) is 2. The lowest BCUT2D eigenvalue weighted by Crippen LogP contribution is -2.57. The molecule has 0 aromatic carbocycles. The van der Waals surface area contributed by atoms with Crippen LogP contribution in [-0.4, -0.2) is 47.8 Å². The fourth-order valence-corrected chi connectivity index (χ4v) is 1.13. The van der Waals surface area contributed by atoms with Crippen molar-refractivity contribution in [3.63, 3.8) is 0 Å². The summed E-state index contributed by atoms with van der Waals surface area (Å²) in [5, 5.41) is 8.55. The maximum absolute atomic E-state index is 10.4. The van der Waals surface area contributed by atoms with Gasteiger partial charge in [-0.3, -0.25) is 9.80 Å². The maximum Gasteiger partial charge on any atom is 0.408 e. The summed E-state index contributed by atoms with van der Waals surface area (Å²) in [5.74, 6) is 0. The summed E-state index contributed by atoms with van der Waals surface area (Å²) < 4.78 is 0. The molecule has 4 heteroatoms. The second kappa shape index (κ2) is 2.46. The summed E-state index contributed by atoms with van der Waals surface area (Å²) >= 11 is 0. The van der Waals surface area contributed by atoms with E-state index < -0.39 is 6.09 Å². The van der Waals surface area contributed by atoms with Crippen LogP contribution in [0.4, 0.5) is 4.79 Å². The van der Waals surface area contributed by atoms with E-state index in [0.717, 1.165) is 6.42 Å². The van der Waals surface area contributed by atoms with Gasteiger partial charge in [-0.15, -0.1) is 0 Å². The van der Waals surface area contributed by atoms with E-state index in [2.05, 4.69) is 0 Å². The van der Waals surface area contributed by atoms with Crippen LogP contribution in [0.1, 0.15) is 6.42 Å². The summed E-state index contributed by atoms with van der Waals surface area (Å²) in [6.45, 7) is 0.679. The van der Waals surface area contributed by atoms with Crippen molar-refractivity contribution in [3.05, 3.63) is 0 Å². The third-order valence-electron chi connectivity index (χ3n) is 1.83. The van der Waals surface area contributed by atoms with Crippen LogP contribution in [0, 0.1) is 0 Å². The first-order chi connectivity index (χ1) is 4.63. The van der Waals surface area contributed by atoms with Crippen LogP contribution in [-0.2, 0) is 0 Å². The minimum atomic E-state index is -0.815. The predicted octanol–water partition coefficient (Wildman–Crippen LogP) is 0.258. The second-order valence-electron chi connectivity index (χ2n) is 2.71. The van der Waals surface area contributed by atoms with Crippen LogP contribution in [0.15, 0.2) is 0 Å². The Morgan fingerprint density at radius 1 is 1.70 bits per heavy atom. The Morgan fingerprint density at radius 2 is 2.30 bits per heavy atom. The van der Waals surface area contributed by atoms with Crippen LogP contribution in [0.3, 0.4) is 0 Å². The van der Waals surface area contributed by atoms with Gasteiger partial charge in [-0.1, -0.05) is 0 Å². The first-order valence-corrected chi connectivity index (χ1v) is 3.29. The lowest BCUT2D eigenvalue weighted by atomic mass is 10.1. The lowest BCUT2D eigenvalue weighted by Gasteiger charge is -2.42. The Kier molecular flexibility index (Phi) is 1.80. The zero-order valence-corrected chi connectivity index (χ0v) is 6.24. The second-order valence-corrected chi connectivity index (χ2v) is 2.71. The van der Waals surface area contributed by atoms with Crippen molar-refractivity contribution >= 4 is 6.09 Å². The molecule has 1 rings (SSSR count). The Labute approximate surface area is 60.0 Å². The van der Waals surface area contributed by atoms with E-state index in [1.54, 1.807) is 0 Å². The van der Waals surface area contributed by atoms with Gasteiger partial charge in [0.25, 0.3) is 0 Å². The van der Waals surface area contributed by atoms with E-state index in [1.807, 2.05) is 19.0 Å². The molecule has 0 aromatic heterocycles. The molecule has 0 aliphatic carbocycles. The molecule has 0 radical (unpaired) electrons. The highest BCUT2D eigenvalue weighted by Crippen LogP contribution is 2.18. The van der Waals surface area contributed by atoms with Gasteiger partial charge in [0.2, 0.25) is 0 Å². The number of hydrogen-bond donors (Lipinski definition) is 1. The van der Waals surface area contributed by atoms with Gasteiger partial charge in [-0.05, 0) is 20.5 Å². The van der Waals surface area contributed by atoms with Crippen molar-refractivity contribution in [1.29, 1.82) is 0 Å². The molecule has 1 saturated heterocycles. The SMILES string of the molecule is CN(C)C1CCN1C(=O)O. The molecule has 1 amide bonds. The summed E-state index contributed by atoms with van der Waals surface area (Å²) in [6, 6.07) is 0. The quantitative estimate of drug-likeness (QED) is 0.574. The Morgan fingerprint density at radius 3 is 2.40 bits per heavy atom. The molecule has 0 spiro atoms. The summed E-state index contributed by atoms with van der Waals surface area (Å²) in [6.07, 6.45) is 0.252. The molecule has 1 heterocycles. The van der Waals surface area contributed by atoms with E-state index in [0.29, 0.717) is 6.54 Å². The van der Waals surface area contributed by atoms with E-state index in [1.165, 1.54) is 4.90 Å². The molecule has 10 heavy (non-hydrogen) atoms. The molecule has 1 N–H and O–H groups in total. The van der Waals surface area contributed by atoms with Gasteiger partial charge in [-0.25, -0.2) is 4.79 Å². The summed E-state index contributed by atoms with van der Waals surface area (Å²) in [4.78, 5) is 13.7. The van der Waals surface area contributed by atoms with E-state index >= 15 is 0 Å². The van der Waals surface area contributed by atoms with Crippen molar-refractivity contribution in [1.82, 2.24) is 9.80 Å². The normalized spacial score (nSPS) is 24.7. The van der Waals surface area contributed by atoms with Gasteiger partial charge >= 0.3 is 6.09 Å². The van der Waals surface area contributed by atoms with E-state index in [-0.39, 0.29) is 6.17 Å². The van der Waals surface area contributed by atoms with Crippen molar-refractivity contribution in [2.24, 2.45) is 0 Å². The standard InChI is InChI=1S/C6H12N2O2/c1-7(2)5-3-4-8(5)6(9)10/h5H,3-4H2,1-2H3,(H,9,10). The highest BCUT2D eigenvalue weighted by atomic mass is 16.4. The lowest BCUT2D eigenvalue weighted by molar-refractivity contribution is 0.00453. The topological polar surface area (TPSA) is 43.8 Å². The number of carboxylic acid groups (broad SMARTS) is 1. The molecule has 0 bridgehead atoms. The number of rotatable bonds is 1. The first kappa shape index (κ1) is 7.34. The Bertz CT molecular complexity index is 147. The highest BCUT2D eigenvalue weighted by Gasteiger charge is 2.33. The van der Waals surface area contributed by atoms with Crippen LogP contribution in [0.5, 0.6) is 0 Å². The number of amides is 1. The van der Waals surface area contributed by atoms with Crippen LogP contribution >= 0.6 is 0 Å². The zero-order chi connectivity index (χ0) is 7.72. The first-order valence-electron chi connectivity index (χ1n) is 3.29. The molecule has 1 fully saturated rings. The van der Waals surface area contributed by atoms with Crippen molar-refractivity contribution in [2.45, 2.75) is 12.6 Å². The molecule has 1 unspecified atom stereocenters. The van der Waals surface area contributed by atoms with Gasteiger partial charge in [0.05, 0.1) is 6.17 Å². The van der Waals surface area contributed by atoms with E-state index in [9.17, 15) is 4.79 Å². The third-order valence-corrected chi connectivity index (χ3v) is 1.83. The molecule has 1 aliphatic heterocycles. The average Bonchev–Trinajstić information content (AvgIpc) is 1.56. The molecule has 58 valence electrons. The number of carbonyl (C=O) groups is 1. The van der Waals surface area contributed by atoms with Gasteiger partial charge in [-0.2, -0.15) is 0 Å². The molecule has 1 aliphatic rings. The average molecular weight is 144 g/mol. The zero-order valence-electron chi connectivity index (χ0n) is 6.24. The molecular formula is C6H12N2O2. The summed E-state index contributed by atoms with van der Waals surface area (Å²) in [5.41, 5.74) is 0. The molecular weight excluding hydrogens is 132 g/mol.